The second kappa shape index (κ2) is 9.60. The molecule has 0 spiro atoms. The Balaban J connectivity index is 0.00000231. The van der Waals surface area contributed by atoms with Crippen molar-refractivity contribution < 1.29 is 14.4 Å². The van der Waals surface area contributed by atoms with Crippen molar-refractivity contribution in [3.8, 4) is 11.5 Å². The van der Waals surface area contributed by atoms with E-state index in [1.165, 1.54) is 5.56 Å². The van der Waals surface area contributed by atoms with Gasteiger partial charge in [-0.1, -0.05) is 18.6 Å². The Morgan fingerprint density at radius 3 is 2.84 bits per heavy atom. The molecule has 0 saturated carbocycles. The van der Waals surface area contributed by atoms with Gasteiger partial charge in [0, 0.05) is 40.8 Å². The van der Waals surface area contributed by atoms with Gasteiger partial charge >= 0.3 is 0 Å². The van der Waals surface area contributed by atoms with Gasteiger partial charge in [-0.05, 0) is 54.6 Å². The summed E-state index contributed by atoms with van der Waals surface area (Å²) in [6.45, 7) is 4.75. The second-order valence-corrected chi connectivity index (χ2v) is 8.46. The lowest BCUT2D eigenvalue weighted by atomic mass is 10.1. The topological polar surface area (TPSA) is 71.1 Å². The molecule has 1 aromatic carbocycles. The van der Waals surface area contributed by atoms with Crippen molar-refractivity contribution in [2.45, 2.75) is 20.3 Å². The van der Waals surface area contributed by atoms with Gasteiger partial charge in [0.25, 0.3) is 0 Å². The fraction of sp³-hybridized carbons (Fsp3) is 0.333. The third-order valence-corrected chi connectivity index (χ3v) is 6.43. The minimum absolute atomic E-state index is 0. The van der Waals surface area contributed by atoms with E-state index in [-0.39, 0.29) is 7.43 Å². The highest BCUT2D eigenvalue weighted by Gasteiger charge is 2.11. The van der Waals surface area contributed by atoms with Crippen LogP contribution in [-0.4, -0.2) is 47.9 Å². The van der Waals surface area contributed by atoms with Crippen LogP contribution in [0.3, 0.4) is 0 Å². The number of fused-ring (bicyclic) bond motifs is 2. The summed E-state index contributed by atoms with van der Waals surface area (Å²) in [7, 11) is 0. The average Bonchev–Trinajstić information content (AvgIpc) is 3.27. The predicted octanol–water partition coefficient (Wildman–Crippen LogP) is 4.90. The van der Waals surface area contributed by atoms with Crippen LogP contribution in [0.25, 0.3) is 32.5 Å². The first-order valence-electron chi connectivity index (χ1n) is 10.2. The zero-order valence-electron chi connectivity index (χ0n) is 16.6. The Kier molecular flexibility index (Phi) is 6.65. The monoisotopic (exact) mass is 437 g/mol. The van der Waals surface area contributed by atoms with Gasteiger partial charge in [-0.3, -0.25) is 9.88 Å². The molecule has 0 radical (unpaired) electrons. The van der Waals surface area contributed by atoms with Crippen LogP contribution < -0.4 is 5.36 Å². The number of thiophene rings is 1. The maximum atomic E-state index is 9.63. The van der Waals surface area contributed by atoms with Crippen LogP contribution in [0.5, 0.6) is 0 Å². The lowest BCUT2D eigenvalue weighted by Gasteiger charge is -2.26. The van der Waals surface area contributed by atoms with Crippen molar-refractivity contribution in [3.05, 3.63) is 58.9 Å². The molecule has 3 aromatic heterocycles. The molecular weight excluding hydrogens is 410 g/mol. The van der Waals surface area contributed by atoms with Crippen LogP contribution in [-0.2, 0) is 11.2 Å². The van der Waals surface area contributed by atoms with Gasteiger partial charge in [0.1, 0.15) is 16.6 Å². The predicted molar refractivity (Wildman–Crippen MR) is 124 cm³/mol. The number of aromatic nitrogens is 1. The summed E-state index contributed by atoms with van der Waals surface area (Å²) in [6, 6.07) is 11.9. The Morgan fingerprint density at radius 2 is 2.00 bits per heavy atom. The molecular formula is C24H27N3O3S. The zero-order valence-corrected chi connectivity index (χ0v) is 17.4. The van der Waals surface area contributed by atoms with E-state index >= 15 is 0 Å². The number of ether oxygens (including phenoxy) is 1. The first kappa shape index (κ1) is 21.5. The molecule has 0 unspecified atom stereocenters. The first-order chi connectivity index (χ1) is 14.8. The minimum Gasteiger partial charge on any atom is -0.454 e. The standard InChI is InChI=1S/C23H23N3O3S.CH4/c27-25-19-13-22(20-14-23-17(15-24-20)5-11-30-23)29-21-4-3-16(12-18(19)21)2-1-6-26-7-9-28-10-8-26;/h3-5,11-15,27H,1-2,6-10H2;1H4/b25-19-;. The van der Waals surface area contributed by atoms with E-state index in [0.717, 1.165) is 66.9 Å². The quantitative estimate of drug-likeness (QED) is 0.355. The molecule has 5 rings (SSSR count). The minimum atomic E-state index is 0. The molecule has 1 aliphatic heterocycles. The number of morpholine rings is 1. The van der Waals surface area contributed by atoms with Crippen LogP contribution in [0.1, 0.15) is 19.4 Å². The van der Waals surface area contributed by atoms with Crippen LogP contribution in [0, 0.1) is 0 Å². The van der Waals surface area contributed by atoms with Crippen LogP contribution in [0.2, 0.25) is 0 Å². The molecule has 1 saturated heterocycles. The lowest BCUT2D eigenvalue weighted by molar-refractivity contribution is 0.0375. The van der Waals surface area contributed by atoms with Gasteiger partial charge < -0.3 is 14.4 Å². The summed E-state index contributed by atoms with van der Waals surface area (Å²) in [6.07, 6.45) is 3.89. The summed E-state index contributed by atoms with van der Waals surface area (Å²) >= 11 is 1.66. The Morgan fingerprint density at radius 1 is 1.13 bits per heavy atom. The number of hydrogen-bond acceptors (Lipinski definition) is 7. The first-order valence-corrected chi connectivity index (χ1v) is 11.1. The highest BCUT2D eigenvalue weighted by atomic mass is 32.1. The molecule has 0 atom stereocenters. The van der Waals surface area contributed by atoms with E-state index in [1.807, 2.05) is 29.8 Å². The van der Waals surface area contributed by atoms with Gasteiger partial charge in [0.2, 0.25) is 0 Å². The van der Waals surface area contributed by atoms with Gasteiger partial charge in [0.15, 0.2) is 5.76 Å². The van der Waals surface area contributed by atoms with E-state index in [1.54, 1.807) is 17.4 Å². The van der Waals surface area contributed by atoms with E-state index in [0.29, 0.717) is 16.7 Å². The summed E-state index contributed by atoms with van der Waals surface area (Å²) in [5.74, 6) is 0.589. The molecule has 7 heteroatoms. The van der Waals surface area contributed by atoms with Gasteiger partial charge in [-0.25, -0.2) is 0 Å². The molecule has 1 fully saturated rings. The van der Waals surface area contributed by atoms with Crippen LogP contribution in [0.4, 0.5) is 0 Å². The van der Waals surface area contributed by atoms with E-state index in [9.17, 15) is 5.21 Å². The molecule has 1 aliphatic rings. The molecule has 0 amide bonds. The normalized spacial score (nSPS) is 15.4. The Hall–Kier alpha value is -2.74. The number of nitrogens with zero attached hydrogens (tertiary/aromatic N) is 3. The van der Waals surface area contributed by atoms with Crippen molar-refractivity contribution in [2.24, 2.45) is 5.16 Å². The van der Waals surface area contributed by atoms with Crippen molar-refractivity contribution in [1.82, 2.24) is 9.88 Å². The number of pyridine rings is 1. The number of hydrogen-bond donors (Lipinski definition) is 1. The van der Waals surface area contributed by atoms with Gasteiger partial charge in [0.05, 0.1) is 13.2 Å². The smallest absolute Gasteiger partial charge is 0.155 e. The molecule has 6 nitrogen and oxygen atoms in total. The van der Waals surface area contributed by atoms with Crippen molar-refractivity contribution in [2.75, 3.05) is 32.8 Å². The van der Waals surface area contributed by atoms with Crippen molar-refractivity contribution in [1.29, 1.82) is 0 Å². The van der Waals surface area contributed by atoms with Gasteiger partial charge in [-0.2, -0.15) is 0 Å². The molecule has 31 heavy (non-hydrogen) atoms. The number of benzene rings is 1. The summed E-state index contributed by atoms with van der Waals surface area (Å²) in [5.41, 5.74) is 2.62. The molecule has 0 bridgehead atoms. The highest BCUT2D eigenvalue weighted by Crippen LogP contribution is 2.27. The fourth-order valence-corrected chi connectivity index (χ4v) is 4.70. The summed E-state index contributed by atoms with van der Waals surface area (Å²) in [4.78, 5) is 6.95. The fourth-order valence-electron chi connectivity index (χ4n) is 3.90. The summed E-state index contributed by atoms with van der Waals surface area (Å²) in [5, 5.41) is 17.6. The third-order valence-electron chi connectivity index (χ3n) is 5.55. The maximum Gasteiger partial charge on any atom is 0.155 e. The van der Waals surface area contributed by atoms with E-state index in [2.05, 4.69) is 27.2 Å². The third kappa shape index (κ3) is 4.63. The average molecular weight is 438 g/mol. The number of rotatable bonds is 5. The van der Waals surface area contributed by atoms with Crippen LogP contribution >= 0.6 is 11.3 Å². The molecule has 162 valence electrons. The zero-order chi connectivity index (χ0) is 20.3. The van der Waals surface area contributed by atoms with Crippen LogP contribution in [0.15, 0.2) is 57.5 Å². The Labute approximate surface area is 185 Å². The summed E-state index contributed by atoms with van der Waals surface area (Å²) < 4.78 is 12.7. The molecule has 4 heterocycles. The second-order valence-electron chi connectivity index (χ2n) is 7.51. The van der Waals surface area contributed by atoms with E-state index in [4.69, 9.17) is 9.15 Å². The lowest BCUT2D eigenvalue weighted by Crippen LogP contribution is -2.36. The Bertz CT molecular complexity index is 1240. The van der Waals surface area contributed by atoms with E-state index < -0.39 is 0 Å². The maximum absolute atomic E-state index is 9.63. The number of aryl methyl sites for hydroxylation is 1. The molecule has 0 aliphatic carbocycles. The molecule has 1 N–H and O–H groups in total. The van der Waals surface area contributed by atoms with Gasteiger partial charge in [-0.15, -0.1) is 11.3 Å². The molecule has 4 aromatic rings. The SMILES string of the molecule is C.O/N=c1/cc(-c2cc3sccc3cn2)oc2ccc(CCCN3CCOCC3)cc12. The van der Waals surface area contributed by atoms with Crippen molar-refractivity contribution >= 4 is 32.4 Å². The largest absolute Gasteiger partial charge is 0.454 e. The van der Waals surface area contributed by atoms with Crippen molar-refractivity contribution in [3.63, 3.8) is 0 Å². The highest BCUT2D eigenvalue weighted by molar-refractivity contribution is 7.17.